The van der Waals surface area contributed by atoms with Crippen LogP contribution in [0.2, 0.25) is 0 Å². The Kier molecular flexibility index (Phi) is 6.44. The van der Waals surface area contributed by atoms with Crippen molar-refractivity contribution in [3.8, 4) is 0 Å². The summed E-state index contributed by atoms with van der Waals surface area (Å²) in [7, 11) is 0. The van der Waals surface area contributed by atoms with Crippen molar-refractivity contribution in [3.05, 3.63) is 16.1 Å². The summed E-state index contributed by atoms with van der Waals surface area (Å²) in [4.78, 5) is 10.0. The van der Waals surface area contributed by atoms with Gasteiger partial charge >= 0.3 is 0 Å². The summed E-state index contributed by atoms with van der Waals surface area (Å²) in [5, 5.41) is 6.96. The van der Waals surface area contributed by atoms with Gasteiger partial charge in [-0.15, -0.1) is 23.7 Å². The van der Waals surface area contributed by atoms with Gasteiger partial charge in [0.2, 0.25) is 0 Å². The van der Waals surface area contributed by atoms with Crippen LogP contribution < -0.4 is 5.32 Å². The van der Waals surface area contributed by atoms with E-state index < -0.39 is 0 Å². The largest absolute Gasteiger partial charge is 0.314 e. The zero-order valence-electron chi connectivity index (χ0n) is 13.0. The zero-order valence-corrected chi connectivity index (χ0v) is 14.7. The molecule has 4 nitrogen and oxygen atoms in total. The van der Waals surface area contributed by atoms with Gasteiger partial charge in [0.05, 0.1) is 10.7 Å². The van der Waals surface area contributed by atoms with E-state index in [1.165, 1.54) is 43.3 Å². The smallest absolute Gasteiger partial charge is 0.0954 e. The number of likely N-dealkylation sites (tertiary alicyclic amines) is 1. The normalized spacial score (nSPS) is 24.4. The third-order valence-corrected chi connectivity index (χ3v) is 5.56. The summed E-state index contributed by atoms with van der Waals surface area (Å²) >= 11 is 1.81. The van der Waals surface area contributed by atoms with Gasteiger partial charge in [-0.1, -0.05) is 13.8 Å². The number of hydrogen-bond acceptors (Lipinski definition) is 5. The number of rotatable bonds is 4. The molecule has 0 bridgehead atoms. The van der Waals surface area contributed by atoms with Crippen molar-refractivity contribution in [3.63, 3.8) is 0 Å². The molecule has 0 aliphatic carbocycles. The van der Waals surface area contributed by atoms with Gasteiger partial charge < -0.3 is 5.32 Å². The first-order valence-electron chi connectivity index (χ1n) is 7.84. The van der Waals surface area contributed by atoms with Crippen LogP contribution in [0.5, 0.6) is 0 Å². The highest BCUT2D eigenvalue weighted by molar-refractivity contribution is 7.09. The highest BCUT2D eigenvalue weighted by Crippen LogP contribution is 2.22. The van der Waals surface area contributed by atoms with Gasteiger partial charge in [-0.2, -0.15) is 0 Å². The van der Waals surface area contributed by atoms with E-state index in [9.17, 15) is 0 Å². The third kappa shape index (κ3) is 4.39. The van der Waals surface area contributed by atoms with Crippen molar-refractivity contribution in [1.82, 2.24) is 20.1 Å². The molecule has 2 fully saturated rings. The molecule has 0 saturated carbocycles. The Bertz CT molecular complexity index is 431. The number of piperazine rings is 1. The van der Waals surface area contributed by atoms with E-state index in [0.717, 1.165) is 25.7 Å². The number of thiazole rings is 1. The quantitative estimate of drug-likeness (QED) is 0.916. The van der Waals surface area contributed by atoms with Crippen molar-refractivity contribution in [2.45, 2.75) is 38.8 Å². The van der Waals surface area contributed by atoms with Crippen LogP contribution in [0.1, 0.15) is 36.9 Å². The van der Waals surface area contributed by atoms with Crippen molar-refractivity contribution < 1.29 is 0 Å². The first-order chi connectivity index (χ1) is 9.72. The fourth-order valence-electron chi connectivity index (χ4n) is 3.19. The fourth-order valence-corrected chi connectivity index (χ4v) is 4.02. The molecule has 0 aromatic carbocycles. The second-order valence-corrected chi connectivity index (χ2v) is 7.19. The Morgan fingerprint density at radius 1 is 1.33 bits per heavy atom. The number of aromatic nitrogens is 1. The van der Waals surface area contributed by atoms with Crippen molar-refractivity contribution >= 4 is 23.7 Å². The molecule has 0 spiro atoms. The maximum Gasteiger partial charge on any atom is 0.0954 e. The Balaban J connectivity index is 0.00000161. The predicted octanol–water partition coefficient (Wildman–Crippen LogP) is 2.17. The summed E-state index contributed by atoms with van der Waals surface area (Å²) in [5.74, 6) is 0.556. The van der Waals surface area contributed by atoms with Gasteiger partial charge in [0.15, 0.2) is 0 Å². The minimum Gasteiger partial charge on any atom is -0.314 e. The minimum atomic E-state index is 0. The van der Waals surface area contributed by atoms with E-state index in [1.54, 1.807) is 0 Å². The van der Waals surface area contributed by atoms with Crippen LogP contribution in [-0.2, 0) is 6.54 Å². The van der Waals surface area contributed by atoms with Gasteiger partial charge in [0, 0.05) is 63.2 Å². The Morgan fingerprint density at radius 3 is 2.76 bits per heavy atom. The molecule has 2 aliphatic rings. The molecule has 0 amide bonds. The molecule has 21 heavy (non-hydrogen) atoms. The lowest BCUT2D eigenvalue weighted by Crippen LogP contribution is -2.49. The second kappa shape index (κ2) is 7.88. The Morgan fingerprint density at radius 2 is 2.10 bits per heavy atom. The van der Waals surface area contributed by atoms with Gasteiger partial charge in [-0.05, 0) is 6.42 Å². The number of hydrogen-bond donors (Lipinski definition) is 1. The van der Waals surface area contributed by atoms with Gasteiger partial charge in [0.25, 0.3) is 0 Å². The van der Waals surface area contributed by atoms with E-state index >= 15 is 0 Å². The number of halogens is 1. The molecule has 0 radical (unpaired) electrons. The number of nitrogens with zero attached hydrogens (tertiary/aromatic N) is 3. The predicted molar refractivity (Wildman–Crippen MR) is 91.6 cm³/mol. The zero-order chi connectivity index (χ0) is 13.9. The van der Waals surface area contributed by atoms with E-state index in [0.29, 0.717) is 5.92 Å². The summed E-state index contributed by atoms with van der Waals surface area (Å²) in [6.07, 6.45) is 1.32. The van der Waals surface area contributed by atoms with E-state index in [4.69, 9.17) is 4.98 Å². The summed E-state index contributed by atoms with van der Waals surface area (Å²) in [5.41, 5.74) is 1.26. The first kappa shape index (κ1) is 17.2. The molecule has 1 unspecified atom stereocenters. The monoisotopic (exact) mass is 330 g/mol. The topological polar surface area (TPSA) is 31.4 Å². The van der Waals surface area contributed by atoms with E-state index in [1.807, 2.05) is 11.3 Å². The standard InChI is InChI=1S/C15H26N4S.ClH/c1-12(2)15-17-13(11-20-15)9-18-6-3-14(10-18)19-7-4-16-5-8-19;/h11-12,14,16H,3-10H2,1-2H3;1H. The molecular weight excluding hydrogens is 304 g/mol. The maximum atomic E-state index is 4.76. The molecule has 1 N–H and O–H groups in total. The summed E-state index contributed by atoms with van der Waals surface area (Å²) in [6, 6.07) is 0.764. The molecule has 3 rings (SSSR count). The summed E-state index contributed by atoms with van der Waals surface area (Å²) in [6.45, 7) is 12.7. The lowest BCUT2D eigenvalue weighted by atomic mass is 10.2. The maximum absolute atomic E-state index is 4.76. The van der Waals surface area contributed by atoms with Crippen LogP contribution in [0, 0.1) is 0 Å². The SMILES string of the molecule is CC(C)c1nc(CN2CCC(N3CCNCC3)C2)cs1.Cl. The fraction of sp³-hybridized carbons (Fsp3) is 0.800. The lowest BCUT2D eigenvalue weighted by Gasteiger charge is -2.32. The average Bonchev–Trinajstić information content (AvgIpc) is 3.10. The van der Waals surface area contributed by atoms with E-state index in [-0.39, 0.29) is 12.4 Å². The number of nitrogens with one attached hydrogen (secondary N) is 1. The third-order valence-electron chi connectivity index (χ3n) is 4.36. The average molecular weight is 331 g/mol. The molecule has 6 heteroatoms. The second-order valence-electron chi connectivity index (χ2n) is 6.30. The first-order valence-corrected chi connectivity index (χ1v) is 8.72. The Hall–Kier alpha value is -0.200. The van der Waals surface area contributed by atoms with Gasteiger partial charge in [-0.25, -0.2) is 4.98 Å². The molecule has 3 heterocycles. The highest BCUT2D eigenvalue weighted by Gasteiger charge is 2.28. The van der Waals surface area contributed by atoms with Crippen LogP contribution in [0.4, 0.5) is 0 Å². The van der Waals surface area contributed by atoms with Crippen molar-refractivity contribution in [2.75, 3.05) is 39.3 Å². The molecule has 2 aliphatic heterocycles. The highest BCUT2D eigenvalue weighted by atomic mass is 35.5. The minimum absolute atomic E-state index is 0. The van der Waals surface area contributed by atoms with Crippen LogP contribution in [0.15, 0.2) is 5.38 Å². The lowest BCUT2D eigenvalue weighted by molar-refractivity contribution is 0.170. The van der Waals surface area contributed by atoms with Crippen molar-refractivity contribution in [2.24, 2.45) is 0 Å². The molecular formula is C15H27ClN4S. The van der Waals surface area contributed by atoms with Crippen LogP contribution in [0.3, 0.4) is 0 Å². The summed E-state index contributed by atoms with van der Waals surface area (Å²) < 4.78 is 0. The molecule has 1 aromatic heterocycles. The van der Waals surface area contributed by atoms with Gasteiger partial charge in [-0.3, -0.25) is 9.80 Å². The molecule has 2 saturated heterocycles. The van der Waals surface area contributed by atoms with Crippen LogP contribution >= 0.6 is 23.7 Å². The van der Waals surface area contributed by atoms with Crippen LogP contribution in [0.25, 0.3) is 0 Å². The molecule has 1 atom stereocenters. The van der Waals surface area contributed by atoms with Gasteiger partial charge in [0.1, 0.15) is 0 Å². The van der Waals surface area contributed by atoms with Crippen LogP contribution in [-0.4, -0.2) is 60.1 Å². The molecule has 1 aromatic rings. The van der Waals surface area contributed by atoms with E-state index in [2.05, 4.69) is 34.3 Å². The molecule has 120 valence electrons. The van der Waals surface area contributed by atoms with Crippen molar-refractivity contribution in [1.29, 1.82) is 0 Å². The Labute approximate surface area is 138 Å².